The second-order valence-electron chi connectivity index (χ2n) is 3.39. The van der Waals surface area contributed by atoms with Crippen LogP contribution in [0.4, 0.5) is 0 Å². The molecule has 0 heterocycles. The molecule has 1 aromatic rings. The number of halogens is 2. The summed E-state index contributed by atoms with van der Waals surface area (Å²) < 4.78 is 0. The lowest BCUT2D eigenvalue weighted by atomic mass is 10.0. The number of allylic oxidation sites excluding steroid dienone is 2. The van der Waals surface area contributed by atoms with Crippen LogP contribution in [0.2, 0.25) is 0 Å². The van der Waals surface area contributed by atoms with E-state index in [0.717, 1.165) is 5.33 Å². The predicted molar refractivity (Wildman–Crippen MR) is 68.4 cm³/mol. The molecule has 2 heteroatoms. The first-order valence-electron chi connectivity index (χ1n) is 4.57. The van der Waals surface area contributed by atoms with Gasteiger partial charge in [-0.25, -0.2) is 0 Å². The molecule has 0 spiro atoms. The van der Waals surface area contributed by atoms with Gasteiger partial charge in [0.25, 0.3) is 0 Å². The van der Waals surface area contributed by atoms with E-state index in [1.165, 1.54) is 22.3 Å². The number of hydrogen-bond donors (Lipinski definition) is 0. The Morgan fingerprint density at radius 3 is 2.29 bits per heavy atom. The summed E-state index contributed by atoms with van der Waals surface area (Å²) in [5, 5.41) is 0.850. The fourth-order valence-electron chi connectivity index (χ4n) is 1.50. The Hall–Kier alpha value is -0.270. The summed E-state index contributed by atoms with van der Waals surface area (Å²) >= 11 is 9.18. The van der Waals surface area contributed by atoms with Crippen LogP contribution in [0.25, 0.3) is 5.57 Å². The van der Waals surface area contributed by atoms with Crippen molar-refractivity contribution < 1.29 is 0 Å². The highest BCUT2D eigenvalue weighted by Gasteiger charge is 2.00. The zero-order valence-electron chi connectivity index (χ0n) is 8.48. The van der Waals surface area contributed by atoms with Crippen LogP contribution in [0.1, 0.15) is 16.7 Å². The maximum atomic E-state index is 5.71. The van der Waals surface area contributed by atoms with E-state index < -0.39 is 0 Å². The lowest BCUT2D eigenvalue weighted by molar-refractivity contribution is 1.36. The number of alkyl halides is 2. The van der Waals surface area contributed by atoms with Gasteiger partial charge in [0.15, 0.2) is 0 Å². The van der Waals surface area contributed by atoms with E-state index in [4.69, 9.17) is 11.6 Å². The van der Waals surface area contributed by atoms with E-state index in [0.29, 0.717) is 5.88 Å². The molecule has 0 aromatic heterocycles. The molecule has 1 rings (SSSR count). The minimum atomic E-state index is 0.563. The second kappa shape index (κ2) is 5.57. The number of rotatable bonds is 3. The zero-order chi connectivity index (χ0) is 10.6. The van der Waals surface area contributed by atoms with Gasteiger partial charge < -0.3 is 0 Å². The fourth-order valence-corrected chi connectivity index (χ4v) is 2.24. The first-order chi connectivity index (χ1) is 6.67. The smallest absolute Gasteiger partial charge is 0.0410 e. The molecule has 0 aliphatic heterocycles. The third-order valence-corrected chi connectivity index (χ3v) is 2.82. The molecular weight excluding hydrogens is 259 g/mol. The molecule has 0 amide bonds. The average Bonchev–Trinajstić information content (AvgIpc) is 2.12. The quantitative estimate of drug-likeness (QED) is 0.720. The largest absolute Gasteiger partial charge is 0.122 e. The Kier molecular flexibility index (Phi) is 4.70. The van der Waals surface area contributed by atoms with Gasteiger partial charge in [0, 0.05) is 11.2 Å². The molecule has 0 radical (unpaired) electrons. The minimum absolute atomic E-state index is 0.563. The first kappa shape index (κ1) is 11.8. The highest BCUT2D eigenvalue weighted by molar-refractivity contribution is 9.09. The van der Waals surface area contributed by atoms with Crippen molar-refractivity contribution in [3.05, 3.63) is 41.0 Å². The van der Waals surface area contributed by atoms with Crippen molar-refractivity contribution in [2.45, 2.75) is 13.8 Å². The number of benzene rings is 1. The Labute approximate surface area is 99.1 Å². The molecule has 0 aliphatic carbocycles. The van der Waals surface area contributed by atoms with E-state index in [2.05, 4.69) is 48.0 Å². The average molecular weight is 274 g/mol. The van der Waals surface area contributed by atoms with Crippen molar-refractivity contribution >= 4 is 33.1 Å². The highest BCUT2D eigenvalue weighted by Crippen LogP contribution is 2.20. The van der Waals surface area contributed by atoms with Crippen LogP contribution >= 0.6 is 27.5 Å². The Bertz CT molecular complexity index is 322. The molecule has 0 unspecified atom stereocenters. The van der Waals surface area contributed by atoms with Crippen molar-refractivity contribution in [1.82, 2.24) is 0 Å². The van der Waals surface area contributed by atoms with Crippen LogP contribution in [0.5, 0.6) is 0 Å². The predicted octanol–water partition coefficient (Wildman–Crippen LogP) is 4.32. The van der Waals surface area contributed by atoms with Gasteiger partial charge in [-0.2, -0.15) is 0 Å². The number of hydrogen-bond acceptors (Lipinski definition) is 0. The van der Waals surface area contributed by atoms with E-state index in [1.807, 2.05) is 6.08 Å². The fraction of sp³-hybridized carbons (Fsp3) is 0.333. The maximum absolute atomic E-state index is 5.71. The standard InChI is InChI=1S/C12H14BrCl/c1-9-5-10(2)7-12(6-9)11(8-13)3-4-14/h3,5-7H,4,8H2,1-2H3/b11-3+. The summed E-state index contributed by atoms with van der Waals surface area (Å²) in [7, 11) is 0. The number of aryl methyl sites for hydroxylation is 2. The van der Waals surface area contributed by atoms with Gasteiger partial charge in [-0.3, -0.25) is 0 Å². The molecule has 0 fully saturated rings. The van der Waals surface area contributed by atoms with Crippen LogP contribution in [-0.2, 0) is 0 Å². The molecule has 0 nitrogen and oxygen atoms in total. The van der Waals surface area contributed by atoms with Crippen LogP contribution in [0.15, 0.2) is 24.3 Å². The van der Waals surface area contributed by atoms with Gasteiger partial charge in [0.1, 0.15) is 0 Å². The molecule has 0 N–H and O–H groups in total. The van der Waals surface area contributed by atoms with Crippen LogP contribution in [-0.4, -0.2) is 11.2 Å². The summed E-state index contributed by atoms with van der Waals surface area (Å²) in [4.78, 5) is 0. The van der Waals surface area contributed by atoms with Crippen molar-refractivity contribution in [3.8, 4) is 0 Å². The monoisotopic (exact) mass is 272 g/mol. The van der Waals surface area contributed by atoms with E-state index in [9.17, 15) is 0 Å². The van der Waals surface area contributed by atoms with Gasteiger partial charge in [0.05, 0.1) is 0 Å². The van der Waals surface area contributed by atoms with E-state index in [-0.39, 0.29) is 0 Å². The molecule has 1 aromatic carbocycles. The topological polar surface area (TPSA) is 0 Å². The minimum Gasteiger partial charge on any atom is -0.122 e. The maximum Gasteiger partial charge on any atom is 0.0410 e. The van der Waals surface area contributed by atoms with Gasteiger partial charge in [-0.15, -0.1) is 11.6 Å². The van der Waals surface area contributed by atoms with E-state index >= 15 is 0 Å². The normalized spacial score (nSPS) is 11.9. The molecular formula is C12H14BrCl. The molecule has 14 heavy (non-hydrogen) atoms. The highest BCUT2D eigenvalue weighted by atomic mass is 79.9. The summed E-state index contributed by atoms with van der Waals surface area (Å²) in [6, 6.07) is 6.55. The van der Waals surface area contributed by atoms with E-state index in [1.54, 1.807) is 0 Å². The third kappa shape index (κ3) is 3.14. The lowest BCUT2D eigenvalue weighted by Gasteiger charge is -2.06. The Morgan fingerprint density at radius 2 is 1.86 bits per heavy atom. The summed E-state index contributed by atoms with van der Waals surface area (Å²) in [6.07, 6.45) is 2.05. The molecule has 0 atom stereocenters. The Balaban J connectivity index is 3.10. The summed E-state index contributed by atoms with van der Waals surface area (Å²) in [5.74, 6) is 0.563. The second-order valence-corrected chi connectivity index (χ2v) is 4.26. The van der Waals surface area contributed by atoms with Gasteiger partial charge in [-0.05, 0) is 25.0 Å². The van der Waals surface area contributed by atoms with Gasteiger partial charge in [0.2, 0.25) is 0 Å². The van der Waals surface area contributed by atoms with Gasteiger partial charge in [-0.1, -0.05) is 51.3 Å². The molecule has 0 bridgehead atoms. The zero-order valence-corrected chi connectivity index (χ0v) is 10.8. The molecule has 0 aliphatic rings. The van der Waals surface area contributed by atoms with Crippen LogP contribution in [0.3, 0.4) is 0 Å². The SMILES string of the molecule is Cc1cc(C)cc(/C(=C/CCl)CBr)c1. The van der Waals surface area contributed by atoms with Crippen LogP contribution < -0.4 is 0 Å². The molecule has 0 saturated carbocycles. The van der Waals surface area contributed by atoms with Crippen LogP contribution in [0, 0.1) is 13.8 Å². The molecule has 76 valence electrons. The van der Waals surface area contributed by atoms with Crippen molar-refractivity contribution in [2.75, 3.05) is 11.2 Å². The van der Waals surface area contributed by atoms with Crippen molar-refractivity contribution in [2.24, 2.45) is 0 Å². The first-order valence-corrected chi connectivity index (χ1v) is 6.22. The lowest BCUT2D eigenvalue weighted by Crippen LogP contribution is -1.89. The molecule has 0 saturated heterocycles. The van der Waals surface area contributed by atoms with Gasteiger partial charge >= 0.3 is 0 Å². The van der Waals surface area contributed by atoms with Crippen molar-refractivity contribution in [3.63, 3.8) is 0 Å². The summed E-state index contributed by atoms with van der Waals surface area (Å²) in [6.45, 7) is 4.23. The summed E-state index contributed by atoms with van der Waals surface area (Å²) in [5.41, 5.74) is 5.11. The third-order valence-electron chi connectivity index (χ3n) is 2.06. The van der Waals surface area contributed by atoms with Crippen molar-refractivity contribution in [1.29, 1.82) is 0 Å². The Morgan fingerprint density at radius 1 is 1.29 bits per heavy atom.